The fourth-order valence-electron chi connectivity index (χ4n) is 1.46. The normalized spacial score (nSPS) is 10.1. The van der Waals surface area contributed by atoms with Gasteiger partial charge in [-0.2, -0.15) is 0 Å². The predicted molar refractivity (Wildman–Crippen MR) is 60.8 cm³/mol. The van der Waals surface area contributed by atoms with E-state index in [1.807, 2.05) is 11.8 Å². The first-order valence-corrected chi connectivity index (χ1v) is 5.24. The molecule has 1 aromatic heterocycles. The second kappa shape index (κ2) is 6.07. The van der Waals surface area contributed by atoms with Gasteiger partial charge in [0, 0.05) is 13.1 Å². The molecule has 1 aromatic rings. The summed E-state index contributed by atoms with van der Waals surface area (Å²) in [6.07, 6.45) is 2.48. The lowest BCUT2D eigenvalue weighted by Gasteiger charge is -2.22. The molecule has 0 aliphatic rings. The molecule has 5 heteroatoms. The zero-order chi connectivity index (χ0) is 12.0. The second-order valence-electron chi connectivity index (χ2n) is 3.42. The number of aliphatic hydroxyl groups is 1. The van der Waals surface area contributed by atoms with Crippen LogP contribution in [0.15, 0.2) is 18.3 Å². The standard InChI is InChI=1S/C11H16N2O3/c1-2-5-13(6-7-14)9-3-4-10(11(15)16)12-8-9/h3-4,8,14H,2,5-7H2,1H3,(H,15,16). The van der Waals surface area contributed by atoms with Crippen molar-refractivity contribution in [2.75, 3.05) is 24.6 Å². The quantitative estimate of drug-likeness (QED) is 0.753. The van der Waals surface area contributed by atoms with Gasteiger partial charge in [0.1, 0.15) is 5.69 Å². The fourth-order valence-corrected chi connectivity index (χ4v) is 1.46. The Morgan fingerprint density at radius 2 is 2.19 bits per heavy atom. The molecule has 0 fully saturated rings. The Morgan fingerprint density at radius 3 is 2.62 bits per heavy atom. The summed E-state index contributed by atoms with van der Waals surface area (Å²) in [5.74, 6) is -1.03. The van der Waals surface area contributed by atoms with Crippen molar-refractivity contribution in [3.05, 3.63) is 24.0 Å². The number of hydrogen-bond acceptors (Lipinski definition) is 4. The van der Waals surface area contributed by atoms with Crippen LogP contribution in [0, 0.1) is 0 Å². The Bertz CT molecular complexity index is 332. The minimum Gasteiger partial charge on any atom is -0.477 e. The van der Waals surface area contributed by atoms with E-state index in [-0.39, 0.29) is 12.3 Å². The van der Waals surface area contributed by atoms with Crippen LogP contribution in [0.2, 0.25) is 0 Å². The van der Waals surface area contributed by atoms with E-state index in [2.05, 4.69) is 4.98 Å². The third-order valence-corrected chi connectivity index (χ3v) is 2.20. The van der Waals surface area contributed by atoms with Gasteiger partial charge in [-0.25, -0.2) is 9.78 Å². The summed E-state index contributed by atoms with van der Waals surface area (Å²) < 4.78 is 0. The number of aliphatic hydroxyl groups excluding tert-OH is 1. The van der Waals surface area contributed by atoms with Gasteiger partial charge in [0.2, 0.25) is 0 Å². The maximum atomic E-state index is 10.6. The van der Waals surface area contributed by atoms with Crippen LogP contribution in [0.4, 0.5) is 5.69 Å². The summed E-state index contributed by atoms with van der Waals surface area (Å²) in [7, 11) is 0. The summed E-state index contributed by atoms with van der Waals surface area (Å²) in [5, 5.41) is 17.6. The van der Waals surface area contributed by atoms with E-state index < -0.39 is 5.97 Å². The van der Waals surface area contributed by atoms with Crippen molar-refractivity contribution >= 4 is 11.7 Å². The highest BCUT2D eigenvalue weighted by Gasteiger charge is 2.08. The average molecular weight is 224 g/mol. The van der Waals surface area contributed by atoms with Crippen LogP contribution in [-0.4, -0.2) is 40.9 Å². The summed E-state index contributed by atoms with van der Waals surface area (Å²) in [5.41, 5.74) is 0.866. The van der Waals surface area contributed by atoms with E-state index in [0.29, 0.717) is 6.54 Å². The summed E-state index contributed by atoms with van der Waals surface area (Å²) >= 11 is 0. The molecule has 16 heavy (non-hydrogen) atoms. The Balaban J connectivity index is 2.80. The molecule has 0 saturated carbocycles. The number of carboxylic acids is 1. The van der Waals surface area contributed by atoms with E-state index in [4.69, 9.17) is 10.2 Å². The maximum absolute atomic E-state index is 10.6. The van der Waals surface area contributed by atoms with Gasteiger partial charge < -0.3 is 15.1 Å². The molecular formula is C11H16N2O3. The molecule has 0 saturated heterocycles. The van der Waals surface area contributed by atoms with Crippen molar-refractivity contribution < 1.29 is 15.0 Å². The van der Waals surface area contributed by atoms with Crippen molar-refractivity contribution in [2.45, 2.75) is 13.3 Å². The molecule has 0 atom stereocenters. The maximum Gasteiger partial charge on any atom is 0.354 e. The minimum atomic E-state index is -1.03. The Labute approximate surface area is 94.4 Å². The predicted octanol–water partition coefficient (Wildman–Crippen LogP) is 0.989. The third-order valence-electron chi connectivity index (χ3n) is 2.20. The molecular weight excluding hydrogens is 208 g/mol. The monoisotopic (exact) mass is 224 g/mol. The van der Waals surface area contributed by atoms with Crippen LogP contribution < -0.4 is 4.90 Å². The summed E-state index contributed by atoms with van der Waals surface area (Å²) in [4.78, 5) is 16.4. The molecule has 1 rings (SSSR count). The first-order chi connectivity index (χ1) is 7.69. The molecule has 0 aliphatic heterocycles. The molecule has 0 spiro atoms. The third kappa shape index (κ3) is 3.20. The van der Waals surface area contributed by atoms with Crippen molar-refractivity contribution in [3.63, 3.8) is 0 Å². The molecule has 0 unspecified atom stereocenters. The topological polar surface area (TPSA) is 73.7 Å². The lowest BCUT2D eigenvalue weighted by molar-refractivity contribution is 0.0690. The zero-order valence-electron chi connectivity index (χ0n) is 9.26. The molecule has 0 aliphatic carbocycles. The number of aromatic nitrogens is 1. The van der Waals surface area contributed by atoms with Crippen molar-refractivity contribution in [1.29, 1.82) is 0 Å². The average Bonchev–Trinajstić information content (AvgIpc) is 2.29. The van der Waals surface area contributed by atoms with Crippen LogP contribution in [-0.2, 0) is 0 Å². The first-order valence-electron chi connectivity index (χ1n) is 5.24. The minimum absolute atomic E-state index is 0.0317. The number of anilines is 1. The van der Waals surface area contributed by atoms with E-state index in [1.54, 1.807) is 6.07 Å². The van der Waals surface area contributed by atoms with Crippen LogP contribution in [0.5, 0.6) is 0 Å². The SMILES string of the molecule is CCCN(CCO)c1ccc(C(=O)O)nc1. The van der Waals surface area contributed by atoms with E-state index >= 15 is 0 Å². The highest BCUT2D eigenvalue weighted by molar-refractivity contribution is 5.85. The molecule has 88 valence electrons. The molecule has 0 radical (unpaired) electrons. The van der Waals surface area contributed by atoms with Gasteiger partial charge in [-0.15, -0.1) is 0 Å². The molecule has 0 aromatic carbocycles. The van der Waals surface area contributed by atoms with Gasteiger partial charge in [-0.3, -0.25) is 0 Å². The zero-order valence-corrected chi connectivity index (χ0v) is 9.26. The van der Waals surface area contributed by atoms with E-state index in [0.717, 1.165) is 18.7 Å². The number of pyridine rings is 1. The number of carboxylic acid groups (broad SMARTS) is 1. The van der Waals surface area contributed by atoms with Gasteiger partial charge >= 0.3 is 5.97 Å². The summed E-state index contributed by atoms with van der Waals surface area (Å²) in [6.45, 7) is 3.46. The number of nitrogens with zero attached hydrogens (tertiary/aromatic N) is 2. The number of carbonyl (C=O) groups is 1. The van der Waals surface area contributed by atoms with Crippen LogP contribution in [0.3, 0.4) is 0 Å². The first kappa shape index (κ1) is 12.4. The molecule has 0 amide bonds. The van der Waals surface area contributed by atoms with Crippen molar-refractivity contribution in [3.8, 4) is 0 Å². The second-order valence-corrected chi connectivity index (χ2v) is 3.42. The molecule has 2 N–H and O–H groups in total. The lowest BCUT2D eigenvalue weighted by Crippen LogP contribution is -2.27. The van der Waals surface area contributed by atoms with E-state index in [1.165, 1.54) is 12.3 Å². The Hall–Kier alpha value is -1.62. The molecule has 5 nitrogen and oxygen atoms in total. The smallest absolute Gasteiger partial charge is 0.354 e. The Kier molecular flexibility index (Phi) is 4.72. The molecule has 0 bridgehead atoms. The van der Waals surface area contributed by atoms with Gasteiger partial charge in [0.05, 0.1) is 18.5 Å². The lowest BCUT2D eigenvalue weighted by atomic mass is 10.3. The number of aromatic carboxylic acids is 1. The van der Waals surface area contributed by atoms with Gasteiger partial charge in [-0.1, -0.05) is 6.92 Å². The van der Waals surface area contributed by atoms with Crippen LogP contribution >= 0.6 is 0 Å². The fraction of sp³-hybridized carbons (Fsp3) is 0.455. The largest absolute Gasteiger partial charge is 0.477 e. The summed E-state index contributed by atoms with van der Waals surface area (Å²) in [6, 6.07) is 3.18. The molecule has 1 heterocycles. The van der Waals surface area contributed by atoms with E-state index in [9.17, 15) is 4.79 Å². The van der Waals surface area contributed by atoms with Gasteiger partial charge in [0.15, 0.2) is 0 Å². The van der Waals surface area contributed by atoms with Gasteiger partial charge in [0.25, 0.3) is 0 Å². The van der Waals surface area contributed by atoms with Crippen molar-refractivity contribution in [1.82, 2.24) is 4.98 Å². The van der Waals surface area contributed by atoms with Crippen LogP contribution in [0.1, 0.15) is 23.8 Å². The van der Waals surface area contributed by atoms with Gasteiger partial charge in [-0.05, 0) is 18.6 Å². The highest BCUT2D eigenvalue weighted by atomic mass is 16.4. The number of rotatable bonds is 6. The van der Waals surface area contributed by atoms with Crippen molar-refractivity contribution in [2.24, 2.45) is 0 Å². The highest BCUT2D eigenvalue weighted by Crippen LogP contribution is 2.13. The number of hydrogen-bond donors (Lipinski definition) is 2. The van der Waals surface area contributed by atoms with Crippen LogP contribution in [0.25, 0.3) is 0 Å². The Morgan fingerprint density at radius 1 is 1.44 bits per heavy atom.